The van der Waals surface area contributed by atoms with Gasteiger partial charge in [0.1, 0.15) is 0 Å². The summed E-state index contributed by atoms with van der Waals surface area (Å²) in [6, 6.07) is 8.27. The van der Waals surface area contributed by atoms with E-state index in [1.165, 1.54) is 17.5 Å². The van der Waals surface area contributed by atoms with Crippen LogP contribution < -0.4 is 10.6 Å². The highest BCUT2D eigenvalue weighted by Gasteiger charge is 2.15. The lowest BCUT2D eigenvalue weighted by Gasteiger charge is -2.11. The molecule has 2 heterocycles. The Balaban J connectivity index is 2.09. The van der Waals surface area contributed by atoms with Gasteiger partial charge in [0.05, 0.1) is 23.1 Å². The van der Waals surface area contributed by atoms with Gasteiger partial charge in [-0.25, -0.2) is 0 Å². The molecule has 0 saturated carbocycles. The summed E-state index contributed by atoms with van der Waals surface area (Å²) in [6.07, 6.45) is 3.13. The van der Waals surface area contributed by atoms with Gasteiger partial charge in [0.25, 0.3) is 0 Å². The van der Waals surface area contributed by atoms with Crippen LogP contribution in [-0.4, -0.2) is 18.1 Å². The number of anilines is 2. The number of hydrogen-bond acceptors (Lipinski definition) is 3. The van der Waals surface area contributed by atoms with E-state index in [0.717, 1.165) is 24.3 Å². The van der Waals surface area contributed by atoms with Crippen molar-refractivity contribution in [1.82, 2.24) is 4.98 Å². The van der Waals surface area contributed by atoms with Crippen LogP contribution in [0.5, 0.6) is 0 Å². The van der Waals surface area contributed by atoms with Gasteiger partial charge in [0.2, 0.25) is 0 Å². The SMILES string of the molecule is CCC1CNc2cnc3ccccc3c2NC1. The maximum atomic E-state index is 4.48. The Morgan fingerprint density at radius 2 is 2.06 bits per heavy atom. The van der Waals surface area contributed by atoms with Crippen LogP contribution in [0.1, 0.15) is 13.3 Å². The molecule has 0 fully saturated rings. The molecule has 2 aromatic rings. The first-order valence-corrected chi connectivity index (χ1v) is 6.24. The highest BCUT2D eigenvalue weighted by atomic mass is 15.0. The predicted molar refractivity (Wildman–Crippen MR) is 72.5 cm³/mol. The zero-order chi connectivity index (χ0) is 11.7. The van der Waals surface area contributed by atoms with Crippen LogP contribution in [0.25, 0.3) is 10.9 Å². The van der Waals surface area contributed by atoms with Gasteiger partial charge in [0.15, 0.2) is 0 Å². The Labute approximate surface area is 101 Å². The number of nitrogens with one attached hydrogen (secondary N) is 2. The Morgan fingerprint density at radius 3 is 2.94 bits per heavy atom. The Morgan fingerprint density at radius 1 is 1.24 bits per heavy atom. The van der Waals surface area contributed by atoms with Gasteiger partial charge in [-0.05, 0) is 18.4 Å². The van der Waals surface area contributed by atoms with Crippen LogP contribution in [0.2, 0.25) is 0 Å². The van der Waals surface area contributed by atoms with Crippen LogP contribution in [0.4, 0.5) is 11.4 Å². The van der Waals surface area contributed by atoms with E-state index in [9.17, 15) is 0 Å². The first-order chi connectivity index (χ1) is 8.38. The molecule has 3 rings (SSSR count). The van der Waals surface area contributed by atoms with E-state index in [1.54, 1.807) is 0 Å². The van der Waals surface area contributed by atoms with Crippen LogP contribution >= 0.6 is 0 Å². The second kappa shape index (κ2) is 4.24. The third-order valence-corrected chi connectivity index (χ3v) is 3.50. The molecular weight excluding hydrogens is 210 g/mol. The molecule has 3 heteroatoms. The first kappa shape index (κ1) is 10.4. The van der Waals surface area contributed by atoms with E-state index in [0.29, 0.717) is 5.92 Å². The number of para-hydroxylation sites is 1. The van der Waals surface area contributed by atoms with Crippen molar-refractivity contribution in [2.75, 3.05) is 23.7 Å². The van der Waals surface area contributed by atoms with Crippen molar-refractivity contribution >= 4 is 22.3 Å². The van der Waals surface area contributed by atoms with Crippen molar-refractivity contribution in [2.24, 2.45) is 5.92 Å². The molecule has 1 aliphatic heterocycles. The molecule has 1 aliphatic rings. The summed E-state index contributed by atoms with van der Waals surface area (Å²) in [6.45, 7) is 4.29. The van der Waals surface area contributed by atoms with E-state index >= 15 is 0 Å². The molecule has 3 nitrogen and oxygen atoms in total. The van der Waals surface area contributed by atoms with Crippen LogP contribution in [-0.2, 0) is 0 Å². The minimum Gasteiger partial charge on any atom is -0.382 e. The highest BCUT2D eigenvalue weighted by Crippen LogP contribution is 2.31. The van der Waals surface area contributed by atoms with Gasteiger partial charge in [-0.2, -0.15) is 0 Å². The maximum absolute atomic E-state index is 4.48. The van der Waals surface area contributed by atoms with Gasteiger partial charge < -0.3 is 10.6 Å². The third-order valence-electron chi connectivity index (χ3n) is 3.50. The van der Waals surface area contributed by atoms with Crippen molar-refractivity contribution < 1.29 is 0 Å². The molecule has 1 unspecified atom stereocenters. The Hall–Kier alpha value is -1.77. The van der Waals surface area contributed by atoms with Crippen molar-refractivity contribution in [2.45, 2.75) is 13.3 Å². The summed E-state index contributed by atoms with van der Waals surface area (Å²) in [5.41, 5.74) is 3.38. The molecule has 0 aliphatic carbocycles. The van der Waals surface area contributed by atoms with Crippen molar-refractivity contribution in [1.29, 1.82) is 0 Å². The van der Waals surface area contributed by atoms with Crippen LogP contribution in [0.15, 0.2) is 30.5 Å². The third kappa shape index (κ3) is 1.82. The summed E-state index contributed by atoms with van der Waals surface area (Å²) in [5.74, 6) is 0.682. The number of benzene rings is 1. The van der Waals surface area contributed by atoms with Crippen molar-refractivity contribution in [3.63, 3.8) is 0 Å². The number of pyridine rings is 1. The highest BCUT2D eigenvalue weighted by molar-refractivity contribution is 5.97. The molecule has 1 aromatic heterocycles. The Kier molecular flexibility index (Phi) is 2.59. The second-order valence-corrected chi connectivity index (χ2v) is 4.60. The molecule has 17 heavy (non-hydrogen) atoms. The molecule has 88 valence electrons. The molecular formula is C14H17N3. The lowest BCUT2D eigenvalue weighted by molar-refractivity contribution is 0.570. The van der Waals surface area contributed by atoms with Gasteiger partial charge >= 0.3 is 0 Å². The molecule has 0 radical (unpaired) electrons. The van der Waals surface area contributed by atoms with Crippen molar-refractivity contribution in [3.05, 3.63) is 30.5 Å². The molecule has 0 bridgehead atoms. The summed E-state index contributed by atoms with van der Waals surface area (Å²) in [4.78, 5) is 4.48. The van der Waals surface area contributed by atoms with E-state index in [4.69, 9.17) is 0 Å². The van der Waals surface area contributed by atoms with Crippen molar-refractivity contribution in [3.8, 4) is 0 Å². The normalized spacial score (nSPS) is 19.0. The minimum atomic E-state index is 0.682. The number of rotatable bonds is 1. The van der Waals surface area contributed by atoms with Crippen LogP contribution in [0, 0.1) is 5.92 Å². The molecule has 1 atom stereocenters. The quantitative estimate of drug-likeness (QED) is 0.786. The van der Waals surface area contributed by atoms with Gasteiger partial charge in [-0.1, -0.05) is 25.1 Å². The number of aromatic nitrogens is 1. The molecule has 2 N–H and O–H groups in total. The number of nitrogens with zero attached hydrogens (tertiary/aromatic N) is 1. The zero-order valence-corrected chi connectivity index (χ0v) is 10.0. The number of hydrogen-bond donors (Lipinski definition) is 2. The molecule has 1 aromatic carbocycles. The fourth-order valence-corrected chi connectivity index (χ4v) is 2.33. The van der Waals surface area contributed by atoms with Gasteiger partial charge in [-0.15, -0.1) is 0 Å². The fraction of sp³-hybridized carbons (Fsp3) is 0.357. The van der Waals surface area contributed by atoms with E-state index in [1.807, 2.05) is 12.3 Å². The van der Waals surface area contributed by atoms with E-state index < -0.39 is 0 Å². The average molecular weight is 227 g/mol. The number of fused-ring (bicyclic) bond motifs is 3. The second-order valence-electron chi connectivity index (χ2n) is 4.60. The van der Waals surface area contributed by atoms with E-state index in [2.05, 4.69) is 40.7 Å². The van der Waals surface area contributed by atoms with E-state index in [-0.39, 0.29) is 0 Å². The fourth-order valence-electron chi connectivity index (χ4n) is 2.33. The lowest BCUT2D eigenvalue weighted by atomic mass is 10.1. The smallest absolute Gasteiger partial charge is 0.0769 e. The summed E-state index contributed by atoms with van der Waals surface area (Å²) < 4.78 is 0. The molecule has 0 spiro atoms. The van der Waals surface area contributed by atoms with Gasteiger partial charge in [0, 0.05) is 18.5 Å². The summed E-state index contributed by atoms with van der Waals surface area (Å²) in [5, 5.41) is 8.26. The topological polar surface area (TPSA) is 37.0 Å². The minimum absolute atomic E-state index is 0.682. The maximum Gasteiger partial charge on any atom is 0.0769 e. The van der Waals surface area contributed by atoms with Gasteiger partial charge in [-0.3, -0.25) is 4.98 Å². The predicted octanol–water partition coefficient (Wildman–Crippen LogP) is 3.10. The summed E-state index contributed by atoms with van der Waals surface area (Å²) >= 11 is 0. The molecule has 0 amide bonds. The zero-order valence-electron chi connectivity index (χ0n) is 10.0. The Bertz CT molecular complexity index is 536. The average Bonchev–Trinajstić information content (AvgIpc) is 2.60. The summed E-state index contributed by atoms with van der Waals surface area (Å²) in [7, 11) is 0. The first-order valence-electron chi connectivity index (χ1n) is 6.24. The largest absolute Gasteiger partial charge is 0.382 e. The molecule has 0 saturated heterocycles. The standard InChI is InChI=1S/C14H17N3/c1-2-10-7-15-13-9-16-12-6-4-3-5-11(12)14(13)17-8-10/h3-6,9-10,15,17H,2,7-8H2,1H3. The lowest BCUT2D eigenvalue weighted by Crippen LogP contribution is -2.17. The van der Waals surface area contributed by atoms with Crippen LogP contribution in [0.3, 0.4) is 0 Å². The monoisotopic (exact) mass is 227 g/mol.